The Kier molecular flexibility index (Phi) is 5.41. The van der Waals surface area contributed by atoms with Gasteiger partial charge in [-0.15, -0.1) is 0 Å². The minimum absolute atomic E-state index is 0.205. The maximum atomic E-state index is 12.3. The number of aryl methyl sites for hydroxylation is 1. The Balaban J connectivity index is 1.84. The van der Waals surface area contributed by atoms with Crippen molar-refractivity contribution < 1.29 is 9.90 Å². The van der Waals surface area contributed by atoms with Crippen LogP contribution in [0.1, 0.15) is 31.2 Å². The fourth-order valence-corrected chi connectivity index (χ4v) is 2.87. The number of para-hydroxylation sites is 1. The fraction of sp³-hybridized carbons (Fsp3) is 0.562. The predicted molar refractivity (Wildman–Crippen MR) is 80.2 cm³/mol. The van der Waals surface area contributed by atoms with Crippen molar-refractivity contribution in [2.24, 2.45) is 5.92 Å². The third-order valence-corrected chi connectivity index (χ3v) is 4.07. The van der Waals surface area contributed by atoms with Crippen LogP contribution in [0.2, 0.25) is 0 Å². The molecule has 4 nitrogen and oxygen atoms in total. The van der Waals surface area contributed by atoms with Crippen LogP contribution in [-0.4, -0.2) is 35.6 Å². The Hall–Kier alpha value is -1.55. The zero-order valence-corrected chi connectivity index (χ0v) is 11.9. The molecule has 1 aliphatic rings. The number of carbonyl (C=O) groups is 1. The van der Waals surface area contributed by atoms with Gasteiger partial charge in [-0.2, -0.15) is 0 Å². The number of aliphatic hydroxyl groups is 1. The number of hydrogen-bond acceptors (Lipinski definition) is 3. The zero-order chi connectivity index (χ0) is 14.4. The van der Waals surface area contributed by atoms with E-state index in [9.17, 15) is 4.79 Å². The van der Waals surface area contributed by atoms with Crippen LogP contribution in [0.4, 0.5) is 5.69 Å². The van der Waals surface area contributed by atoms with Gasteiger partial charge in [-0.3, -0.25) is 4.79 Å². The van der Waals surface area contributed by atoms with Crippen LogP contribution in [0, 0.1) is 5.92 Å². The van der Waals surface area contributed by atoms with Crippen molar-refractivity contribution in [3.8, 4) is 0 Å². The summed E-state index contributed by atoms with van der Waals surface area (Å²) in [7, 11) is 0. The number of nitrogens with two attached hydrogens (primary N) is 1. The minimum Gasteiger partial charge on any atom is -0.399 e. The molecule has 1 saturated heterocycles. The van der Waals surface area contributed by atoms with E-state index in [1.165, 1.54) is 0 Å². The smallest absolute Gasteiger partial charge is 0.222 e. The number of hydrogen-bond donors (Lipinski definition) is 2. The van der Waals surface area contributed by atoms with Gasteiger partial charge in [0.1, 0.15) is 0 Å². The number of likely N-dealkylation sites (tertiary alicyclic amines) is 1. The molecular formula is C16H24N2O2. The second-order valence-electron chi connectivity index (χ2n) is 5.56. The summed E-state index contributed by atoms with van der Waals surface area (Å²) in [5.74, 6) is 0.662. The maximum absolute atomic E-state index is 12.3. The second kappa shape index (κ2) is 7.29. The molecule has 0 aliphatic carbocycles. The van der Waals surface area contributed by atoms with Gasteiger partial charge in [-0.05, 0) is 43.2 Å². The van der Waals surface area contributed by atoms with Crippen molar-refractivity contribution in [3.05, 3.63) is 29.8 Å². The van der Waals surface area contributed by atoms with Crippen molar-refractivity contribution in [2.45, 2.75) is 32.1 Å². The van der Waals surface area contributed by atoms with Crippen LogP contribution in [0.5, 0.6) is 0 Å². The number of amides is 1. The third-order valence-electron chi connectivity index (χ3n) is 4.07. The van der Waals surface area contributed by atoms with Crippen LogP contribution < -0.4 is 5.73 Å². The van der Waals surface area contributed by atoms with Crippen LogP contribution in [-0.2, 0) is 11.2 Å². The highest BCUT2D eigenvalue weighted by molar-refractivity contribution is 5.76. The van der Waals surface area contributed by atoms with E-state index in [0.717, 1.165) is 43.6 Å². The number of anilines is 1. The highest BCUT2D eigenvalue weighted by atomic mass is 16.3. The summed E-state index contributed by atoms with van der Waals surface area (Å²) in [6.07, 6.45) is 4.18. The average Bonchev–Trinajstić information content (AvgIpc) is 2.47. The Morgan fingerprint density at radius 3 is 2.95 bits per heavy atom. The molecule has 1 atom stereocenters. The number of nitrogens with zero attached hydrogens (tertiary/aromatic N) is 1. The Morgan fingerprint density at radius 2 is 2.20 bits per heavy atom. The van der Waals surface area contributed by atoms with E-state index in [0.29, 0.717) is 18.8 Å². The van der Waals surface area contributed by atoms with Gasteiger partial charge in [-0.1, -0.05) is 18.2 Å². The molecule has 1 amide bonds. The molecule has 1 aromatic rings. The van der Waals surface area contributed by atoms with Crippen molar-refractivity contribution in [2.75, 3.05) is 25.4 Å². The minimum atomic E-state index is 0.205. The lowest BCUT2D eigenvalue weighted by molar-refractivity contribution is -0.133. The zero-order valence-electron chi connectivity index (χ0n) is 11.9. The second-order valence-corrected chi connectivity index (χ2v) is 5.56. The number of aliphatic hydroxyl groups excluding tert-OH is 1. The quantitative estimate of drug-likeness (QED) is 0.806. The number of rotatable bonds is 5. The summed E-state index contributed by atoms with van der Waals surface area (Å²) in [4.78, 5) is 14.2. The summed E-state index contributed by atoms with van der Waals surface area (Å²) in [6, 6.07) is 7.71. The molecule has 1 aromatic carbocycles. The van der Waals surface area contributed by atoms with E-state index in [-0.39, 0.29) is 12.5 Å². The third kappa shape index (κ3) is 3.97. The number of piperidine rings is 1. The first-order chi connectivity index (χ1) is 9.70. The monoisotopic (exact) mass is 276 g/mol. The lowest BCUT2D eigenvalue weighted by Crippen LogP contribution is -2.40. The van der Waals surface area contributed by atoms with Gasteiger partial charge in [0, 0.05) is 31.8 Å². The molecule has 110 valence electrons. The Labute approximate surface area is 120 Å². The predicted octanol–water partition coefficient (Wildman–Crippen LogP) is 1.82. The summed E-state index contributed by atoms with van der Waals surface area (Å²) in [5, 5.41) is 9.01. The fourth-order valence-electron chi connectivity index (χ4n) is 2.87. The van der Waals surface area contributed by atoms with Gasteiger partial charge >= 0.3 is 0 Å². The van der Waals surface area contributed by atoms with Crippen molar-refractivity contribution in [1.29, 1.82) is 0 Å². The van der Waals surface area contributed by atoms with E-state index < -0.39 is 0 Å². The molecular weight excluding hydrogens is 252 g/mol. The number of nitrogen functional groups attached to an aromatic ring is 1. The molecule has 20 heavy (non-hydrogen) atoms. The molecule has 2 rings (SSSR count). The summed E-state index contributed by atoms with van der Waals surface area (Å²) in [5.41, 5.74) is 7.70. The standard InChI is InChI=1S/C16H24N2O2/c17-15-6-2-1-5-14(15)7-8-16(20)18-10-3-4-13(12-18)9-11-19/h1-2,5-6,13,19H,3-4,7-12,17H2. The molecule has 0 radical (unpaired) electrons. The Morgan fingerprint density at radius 1 is 1.40 bits per heavy atom. The Bertz CT molecular complexity index is 446. The maximum Gasteiger partial charge on any atom is 0.222 e. The van der Waals surface area contributed by atoms with Gasteiger partial charge in [0.25, 0.3) is 0 Å². The SMILES string of the molecule is Nc1ccccc1CCC(=O)N1CCCC(CCO)C1. The van der Waals surface area contributed by atoms with Crippen molar-refractivity contribution >= 4 is 11.6 Å². The van der Waals surface area contributed by atoms with Gasteiger partial charge < -0.3 is 15.7 Å². The number of benzene rings is 1. The topological polar surface area (TPSA) is 66.6 Å². The molecule has 1 aliphatic heterocycles. The summed E-state index contributed by atoms with van der Waals surface area (Å²) in [6.45, 7) is 1.86. The van der Waals surface area contributed by atoms with Crippen molar-refractivity contribution in [3.63, 3.8) is 0 Å². The highest BCUT2D eigenvalue weighted by Gasteiger charge is 2.22. The van der Waals surface area contributed by atoms with E-state index in [1.807, 2.05) is 29.2 Å². The van der Waals surface area contributed by atoms with Gasteiger partial charge in [-0.25, -0.2) is 0 Å². The lowest BCUT2D eigenvalue weighted by atomic mass is 9.94. The van der Waals surface area contributed by atoms with Crippen LogP contribution in [0.15, 0.2) is 24.3 Å². The first-order valence-electron chi connectivity index (χ1n) is 7.42. The molecule has 3 N–H and O–H groups in total. The molecule has 1 heterocycles. The van der Waals surface area contributed by atoms with Gasteiger partial charge in [0.2, 0.25) is 5.91 Å². The molecule has 1 fully saturated rings. The molecule has 0 saturated carbocycles. The van der Waals surface area contributed by atoms with Gasteiger partial charge in [0.15, 0.2) is 0 Å². The van der Waals surface area contributed by atoms with Crippen LogP contribution in [0.25, 0.3) is 0 Å². The first kappa shape index (κ1) is 14.9. The first-order valence-corrected chi connectivity index (χ1v) is 7.42. The van der Waals surface area contributed by atoms with E-state index in [1.54, 1.807) is 0 Å². The molecule has 0 aromatic heterocycles. The van der Waals surface area contributed by atoms with E-state index in [4.69, 9.17) is 10.8 Å². The molecule has 0 bridgehead atoms. The number of carbonyl (C=O) groups excluding carboxylic acids is 1. The molecule has 1 unspecified atom stereocenters. The average molecular weight is 276 g/mol. The van der Waals surface area contributed by atoms with Gasteiger partial charge in [0.05, 0.1) is 0 Å². The van der Waals surface area contributed by atoms with E-state index in [2.05, 4.69) is 0 Å². The van der Waals surface area contributed by atoms with Crippen LogP contribution >= 0.6 is 0 Å². The lowest BCUT2D eigenvalue weighted by Gasteiger charge is -2.32. The summed E-state index contributed by atoms with van der Waals surface area (Å²) >= 11 is 0. The van der Waals surface area contributed by atoms with E-state index >= 15 is 0 Å². The largest absolute Gasteiger partial charge is 0.399 e. The highest BCUT2D eigenvalue weighted by Crippen LogP contribution is 2.20. The molecule has 4 heteroatoms. The van der Waals surface area contributed by atoms with Crippen LogP contribution in [0.3, 0.4) is 0 Å². The summed E-state index contributed by atoms with van der Waals surface area (Å²) < 4.78 is 0. The van der Waals surface area contributed by atoms with Crippen molar-refractivity contribution in [1.82, 2.24) is 4.90 Å². The normalized spacial score (nSPS) is 19.1. The molecule has 0 spiro atoms.